The van der Waals surface area contributed by atoms with Gasteiger partial charge in [-0.05, 0) is 42.3 Å². The maximum absolute atomic E-state index is 13.4. The first kappa shape index (κ1) is 28.2. The average molecular weight is 581 g/mol. The van der Waals surface area contributed by atoms with Crippen molar-refractivity contribution in [3.8, 4) is 11.6 Å². The molecule has 0 bridgehead atoms. The number of nitrogens with zero attached hydrogens (tertiary/aromatic N) is 2. The van der Waals surface area contributed by atoms with Gasteiger partial charge in [-0.1, -0.05) is 45.3 Å². The summed E-state index contributed by atoms with van der Waals surface area (Å²) in [5, 5.41) is 25.3. The molecule has 1 fully saturated rings. The van der Waals surface area contributed by atoms with E-state index in [1.807, 2.05) is 0 Å². The minimum Gasteiger partial charge on any atom is -0.487 e. The van der Waals surface area contributed by atoms with Gasteiger partial charge in [0.1, 0.15) is 42.9 Å². The fourth-order valence-electron chi connectivity index (χ4n) is 3.44. The van der Waals surface area contributed by atoms with Crippen LogP contribution in [-0.2, 0) is 11.4 Å². The molecule has 38 heavy (non-hydrogen) atoms. The Kier molecular flexibility index (Phi) is 10.3. The number of aromatic nitrogens is 2. The van der Waals surface area contributed by atoms with Gasteiger partial charge in [0.15, 0.2) is 5.82 Å². The van der Waals surface area contributed by atoms with Crippen LogP contribution in [0.5, 0.6) is 11.6 Å². The minimum absolute atomic E-state index is 0.0398. The molecule has 4 rings (SSSR count). The van der Waals surface area contributed by atoms with E-state index >= 15 is 0 Å². The molecular formula is C25H26ClFN4O5S2. The van der Waals surface area contributed by atoms with E-state index < -0.39 is 12.7 Å². The zero-order valence-corrected chi connectivity index (χ0v) is 22.5. The van der Waals surface area contributed by atoms with Crippen molar-refractivity contribution < 1.29 is 28.9 Å². The van der Waals surface area contributed by atoms with Crippen LogP contribution >= 0.6 is 33.2 Å². The number of aliphatic hydroxyl groups excluding tert-OH is 2. The number of carbonyl (C=O) groups is 1. The Bertz CT molecular complexity index is 1250. The Balaban J connectivity index is 1.50. The Morgan fingerprint density at radius 1 is 1.24 bits per heavy atom. The highest BCUT2D eigenvalue weighted by Crippen LogP contribution is 2.40. The van der Waals surface area contributed by atoms with Gasteiger partial charge in [0, 0.05) is 23.1 Å². The van der Waals surface area contributed by atoms with Gasteiger partial charge in [-0.3, -0.25) is 4.79 Å². The summed E-state index contributed by atoms with van der Waals surface area (Å²) in [5.74, 6) is 1.12. The standard InChI is InChI=1S/C25H26ClFN4O5S2/c26-20-9-17(4-5-21(20)35-12-15-2-1-3-16(27)8-15)30-24-23(31-22(34)10-19-6-7-37-38-19)25(29-14-28-24)36-13-18(33)11-32/h1-5,8-9,14,18-19,32-33H,6-7,10-13H2,(H,31,34)(H,28,29,30)/t18-,19-/m1/s1. The predicted octanol–water partition coefficient (Wildman–Crippen LogP) is 4.81. The van der Waals surface area contributed by atoms with E-state index in [9.17, 15) is 14.3 Å². The zero-order chi connectivity index (χ0) is 26.9. The molecule has 9 nitrogen and oxygen atoms in total. The number of anilines is 3. The Hall–Kier alpha value is -2.77. The van der Waals surface area contributed by atoms with Crippen LogP contribution in [0, 0.1) is 5.82 Å². The van der Waals surface area contributed by atoms with E-state index in [0.717, 1.165) is 12.2 Å². The Morgan fingerprint density at radius 2 is 2.11 bits per heavy atom. The van der Waals surface area contributed by atoms with Crippen LogP contribution in [0.15, 0.2) is 48.8 Å². The van der Waals surface area contributed by atoms with Gasteiger partial charge in [0.25, 0.3) is 0 Å². The molecule has 0 aliphatic carbocycles. The van der Waals surface area contributed by atoms with Gasteiger partial charge in [-0.15, -0.1) is 0 Å². The van der Waals surface area contributed by atoms with E-state index in [1.165, 1.54) is 18.5 Å². The summed E-state index contributed by atoms with van der Waals surface area (Å²) in [6, 6.07) is 11.1. The highest BCUT2D eigenvalue weighted by atomic mass is 35.5. The lowest BCUT2D eigenvalue weighted by Gasteiger charge is -2.17. The first-order valence-corrected chi connectivity index (χ1v) is 14.5. The number of rotatable bonds is 12. The molecule has 1 amide bonds. The van der Waals surface area contributed by atoms with Crippen molar-refractivity contribution >= 4 is 56.3 Å². The van der Waals surface area contributed by atoms with E-state index in [1.54, 1.807) is 51.9 Å². The fraction of sp³-hybridized carbons (Fsp3) is 0.320. The average Bonchev–Trinajstić information content (AvgIpc) is 3.41. The van der Waals surface area contributed by atoms with Crippen LogP contribution in [0.4, 0.5) is 21.6 Å². The third-order valence-corrected chi connectivity index (χ3v) is 8.55. The second-order valence-electron chi connectivity index (χ2n) is 8.32. The van der Waals surface area contributed by atoms with Gasteiger partial charge in [0.05, 0.1) is 11.6 Å². The molecule has 3 aromatic rings. The van der Waals surface area contributed by atoms with E-state index in [0.29, 0.717) is 28.4 Å². The Labute approximate surface area is 231 Å². The number of amides is 1. The van der Waals surface area contributed by atoms with Crippen molar-refractivity contribution in [2.75, 3.05) is 29.6 Å². The van der Waals surface area contributed by atoms with Crippen molar-refractivity contribution in [2.45, 2.75) is 30.8 Å². The fourth-order valence-corrected chi connectivity index (χ4v) is 6.57. The molecule has 2 aromatic carbocycles. The predicted molar refractivity (Wildman–Crippen MR) is 148 cm³/mol. The van der Waals surface area contributed by atoms with Gasteiger partial charge >= 0.3 is 0 Å². The van der Waals surface area contributed by atoms with Crippen LogP contribution in [0.1, 0.15) is 18.4 Å². The summed E-state index contributed by atoms with van der Waals surface area (Å²) >= 11 is 6.42. The Morgan fingerprint density at radius 3 is 2.84 bits per heavy atom. The van der Waals surface area contributed by atoms with Crippen molar-refractivity contribution in [1.29, 1.82) is 0 Å². The number of nitrogens with one attached hydrogen (secondary N) is 2. The third-order valence-electron chi connectivity index (χ3n) is 5.32. The minimum atomic E-state index is -1.12. The molecule has 2 heterocycles. The number of benzene rings is 2. The summed E-state index contributed by atoms with van der Waals surface area (Å²) in [4.78, 5) is 21.2. The first-order valence-electron chi connectivity index (χ1n) is 11.7. The summed E-state index contributed by atoms with van der Waals surface area (Å²) in [7, 11) is 3.43. The SMILES string of the molecule is O=C(C[C@H]1CCSS1)Nc1c(Nc2ccc(OCc3cccc(F)c3)c(Cl)c2)ncnc1OC[C@H](O)CO. The van der Waals surface area contributed by atoms with Crippen LogP contribution in [0.2, 0.25) is 5.02 Å². The molecule has 2 atom stereocenters. The largest absolute Gasteiger partial charge is 0.487 e. The molecule has 0 unspecified atom stereocenters. The molecule has 1 aliphatic heterocycles. The van der Waals surface area contributed by atoms with E-state index in [4.69, 9.17) is 26.2 Å². The van der Waals surface area contributed by atoms with Crippen LogP contribution < -0.4 is 20.1 Å². The van der Waals surface area contributed by atoms with Crippen LogP contribution in [-0.4, -0.2) is 56.4 Å². The molecule has 1 aromatic heterocycles. The van der Waals surface area contributed by atoms with Gasteiger partial charge < -0.3 is 30.3 Å². The van der Waals surface area contributed by atoms with Crippen molar-refractivity contribution in [3.05, 3.63) is 65.2 Å². The number of halogens is 2. The normalized spacial score (nSPS) is 15.6. The molecule has 1 saturated heterocycles. The van der Waals surface area contributed by atoms with Crippen molar-refractivity contribution in [3.63, 3.8) is 0 Å². The lowest BCUT2D eigenvalue weighted by Crippen LogP contribution is -2.23. The lowest BCUT2D eigenvalue weighted by atomic mass is 10.2. The van der Waals surface area contributed by atoms with E-state index in [-0.39, 0.29) is 47.6 Å². The number of aliphatic hydroxyl groups is 2. The van der Waals surface area contributed by atoms with Gasteiger partial charge in [-0.25, -0.2) is 9.37 Å². The summed E-state index contributed by atoms with van der Waals surface area (Å²) < 4.78 is 24.7. The summed E-state index contributed by atoms with van der Waals surface area (Å²) in [6.45, 7) is -0.570. The topological polar surface area (TPSA) is 126 Å². The smallest absolute Gasteiger partial charge is 0.243 e. The van der Waals surface area contributed by atoms with Gasteiger partial charge in [0.2, 0.25) is 11.8 Å². The highest BCUT2D eigenvalue weighted by molar-refractivity contribution is 8.77. The maximum Gasteiger partial charge on any atom is 0.243 e. The molecule has 13 heteroatoms. The van der Waals surface area contributed by atoms with Crippen LogP contribution in [0.25, 0.3) is 0 Å². The second-order valence-corrected chi connectivity index (χ2v) is 11.5. The monoisotopic (exact) mass is 580 g/mol. The van der Waals surface area contributed by atoms with Crippen molar-refractivity contribution in [2.24, 2.45) is 0 Å². The second kappa shape index (κ2) is 13.9. The number of hydrogen-bond acceptors (Lipinski definition) is 10. The summed E-state index contributed by atoms with van der Waals surface area (Å²) in [5.41, 5.74) is 1.41. The molecule has 202 valence electrons. The number of carbonyl (C=O) groups excluding carboxylic acids is 1. The molecule has 4 N–H and O–H groups in total. The molecular weight excluding hydrogens is 555 g/mol. The van der Waals surface area contributed by atoms with E-state index in [2.05, 4.69) is 20.6 Å². The third kappa shape index (κ3) is 8.11. The molecule has 0 radical (unpaired) electrons. The molecule has 0 spiro atoms. The van der Waals surface area contributed by atoms with Crippen molar-refractivity contribution in [1.82, 2.24) is 9.97 Å². The molecule has 0 saturated carbocycles. The first-order chi connectivity index (χ1) is 18.4. The highest BCUT2D eigenvalue weighted by Gasteiger charge is 2.23. The number of ether oxygens (including phenoxy) is 2. The lowest BCUT2D eigenvalue weighted by molar-refractivity contribution is -0.116. The quantitative estimate of drug-likeness (QED) is 0.222. The van der Waals surface area contributed by atoms with Gasteiger partial charge in [-0.2, -0.15) is 4.98 Å². The number of hydrogen-bond donors (Lipinski definition) is 4. The maximum atomic E-state index is 13.4. The van der Waals surface area contributed by atoms with Crippen LogP contribution in [0.3, 0.4) is 0 Å². The zero-order valence-electron chi connectivity index (χ0n) is 20.1. The summed E-state index contributed by atoms with van der Waals surface area (Å²) in [6.07, 6.45) is 1.39. The molecule has 1 aliphatic rings.